The van der Waals surface area contributed by atoms with Gasteiger partial charge < -0.3 is 9.88 Å². The summed E-state index contributed by atoms with van der Waals surface area (Å²) in [7, 11) is 0. The number of hydrogen-bond acceptors (Lipinski definition) is 2. The van der Waals surface area contributed by atoms with Crippen molar-refractivity contribution in [3.05, 3.63) is 34.4 Å². The van der Waals surface area contributed by atoms with Gasteiger partial charge in [0.15, 0.2) is 6.29 Å². The third-order valence-corrected chi connectivity index (χ3v) is 4.78. The Balaban J connectivity index is 1.78. The maximum absolute atomic E-state index is 12.3. The molecule has 4 nitrogen and oxygen atoms in total. The van der Waals surface area contributed by atoms with Gasteiger partial charge in [0, 0.05) is 33.2 Å². The smallest absolute Gasteiger partial charge is 0.240 e. The molecule has 1 aliphatic rings. The second-order valence-corrected chi connectivity index (χ2v) is 6.81. The van der Waals surface area contributed by atoms with Crippen LogP contribution in [0.15, 0.2) is 28.9 Å². The van der Waals surface area contributed by atoms with Gasteiger partial charge in [0.1, 0.15) is 6.54 Å². The number of aromatic nitrogens is 1. The number of aldehydes is 1. The number of benzene rings is 1. The lowest BCUT2D eigenvalue weighted by Gasteiger charge is -2.22. The quantitative estimate of drug-likeness (QED) is 0.843. The van der Waals surface area contributed by atoms with Crippen LogP contribution in [0.5, 0.6) is 0 Å². The molecule has 3 rings (SSSR count). The van der Waals surface area contributed by atoms with Crippen LogP contribution in [-0.2, 0) is 11.3 Å². The van der Waals surface area contributed by atoms with Gasteiger partial charge >= 0.3 is 0 Å². The molecule has 0 aliphatic heterocycles. The van der Waals surface area contributed by atoms with Crippen LogP contribution >= 0.6 is 15.9 Å². The number of hydrogen-bond donors (Lipinski definition) is 1. The van der Waals surface area contributed by atoms with E-state index in [1.54, 1.807) is 6.20 Å². The summed E-state index contributed by atoms with van der Waals surface area (Å²) in [5, 5.41) is 3.98. The van der Waals surface area contributed by atoms with Gasteiger partial charge in [0.25, 0.3) is 0 Å². The largest absolute Gasteiger partial charge is 0.352 e. The van der Waals surface area contributed by atoms with Crippen molar-refractivity contribution in [1.29, 1.82) is 0 Å². The molecule has 0 atom stereocenters. The van der Waals surface area contributed by atoms with Crippen molar-refractivity contribution in [2.75, 3.05) is 0 Å². The Morgan fingerprint density at radius 1 is 1.32 bits per heavy atom. The predicted octanol–water partition coefficient (Wildman–Crippen LogP) is 3.67. The van der Waals surface area contributed by atoms with E-state index in [1.165, 1.54) is 19.3 Å². The Hall–Kier alpha value is -1.62. The molecule has 0 bridgehead atoms. The van der Waals surface area contributed by atoms with E-state index in [9.17, 15) is 9.59 Å². The molecule has 0 radical (unpaired) electrons. The summed E-state index contributed by atoms with van der Waals surface area (Å²) < 4.78 is 2.77. The first-order valence-corrected chi connectivity index (χ1v) is 8.49. The molecule has 1 aromatic carbocycles. The Bertz CT molecular complexity index is 702. The summed E-state index contributed by atoms with van der Waals surface area (Å²) in [6.07, 6.45) is 8.40. The van der Waals surface area contributed by atoms with Gasteiger partial charge in [-0.1, -0.05) is 35.2 Å². The summed E-state index contributed by atoms with van der Waals surface area (Å²) in [4.78, 5) is 23.5. The van der Waals surface area contributed by atoms with Crippen molar-refractivity contribution in [3.8, 4) is 0 Å². The minimum atomic E-state index is 0.0177. The number of nitrogens with zero attached hydrogens (tertiary/aromatic N) is 1. The molecular formula is C17H19BrN2O2. The highest BCUT2D eigenvalue weighted by Crippen LogP contribution is 2.24. The van der Waals surface area contributed by atoms with Crippen LogP contribution in [0.1, 0.15) is 42.5 Å². The highest BCUT2D eigenvalue weighted by Gasteiger charge is 2.17. The van der Waals surface area contributed by atoms with Gasteiger partial charge in [-0.3, -0.25) is 9.59 Å². The summed E-state index contributed by atoms with van der Waals surface area (Å²) in [5.74, 6) is 0.0177. The fourth-order valence-electron chi connectivity index (χ4n) is 3.20. The van der Waals surface area contributed by atoms with Crippen LogP contribution in [0.2, 0.25) is 0 Å². The highest BCUT2D eigenvalue weighted by atomic mass is 79.9. The average molecular weight is 363 g/mol. The van der Waals surface area contributed by atoms with E-state index in [0.717, 1.165) is 34.5 Å². The molecule has 1 fully saturated rings. The predicted molar refractivity (Wildman–Crippen MR) is 90.0 cm³/mol. The third-order valence-electron chi connectivity index (χ3n) is 4.29. The summed E-state index contributed by atoms with van der Waals surface area (Å²) >= 11 is 3.42. The molecule has 1 amide bonds. The van der Waals surface area contributed by atoms with Gasteiger partial charge in [-0.25, -0.2) is 0 Å². The lowest BCUT2D eigenvalue weighted by molar-refractivity contribution is -0.122. The molecule has 116 valence electrons. The molecule has 5 heteroatoms. The zero-order valence-electron chi connectivity index (χ0n) is 12.3. The maximum atomic E-state index is 12.3. The summed E-state index contributed by atoms with van der Waals surface area (Å²) in [6, 6.07) is 6.07. The van der Waals surface area contributed by atoms with Crippen LogP contribution in [0.3, 0.4) is 0 Å². The second kappa shape index (κ2) is 6.65. The fourth-order valence-corrected chi connectivity index (χ4v) is 3.56. The lowest BCUT2D eigenvalue weighted by atomic mass is 9.95. The Morgan fingerprint density at radius 2 is 2.09 bits per heavy atom. The third kappa shape index (κ3) is 3.24. The van der Waals surface area contributed by atoms with Crippen molar-refractivity contribution in [2.24, 2.45) is 0 Å². The van der Waals surface area contributed by atoms with Crippen molar-refractivity contribution in [1.82, 2.24) is 9.88 Å². The van der Waals surface area contributed by atoms with Gasteiger partial charge in [0.05, 0.1) is 0 Å². The molecule has 1 aliphatic carbocycles. The first-order valence-electron chi connectivity index (χ1n) is 7.70. The molecule has 1 aromatic heterocycles. The van der Waals surface area contributed by atoms with E-state index in [4.69, 9.17) is 0 Å². The summed E-state index contributed by atoms with van der Waals surface area (Å²) in [6.45, 7) is 0.252. The van der Waals surface area contributed by atoms with E-state index in [-0.39, 0.29) is 12.5 Å². The average Bonchev–Trinajstić information content (AvgIpc) is 2.85. The van der Waals surface area contributed by atoms with Gasteiger partial charge in [0.2, 0.25) is 5.91 Å². The van der Waals surface area contributed by atoms with Gasteiger partial charge in [-0.15, -0.1) is 0 Å². The number of rotatable bonds is 4. The van der Waals surface area contributed by atoms with Crippen molar-refractivity contribution >= 4 is 39.0 Å². The first-order chi connectivity index (χ1) is 10.7. The zero-order valence-corrected chi connectivity index (χ0v) is 13.9. The number of carbonyl (C=O) groups excluding carboxylic acids is 2. The van der Waals surface area contributed by atoms with Crippen LogP contribution in [0, 0.1) is 0 Å². The number of amides is 1. The summed E-state index contributed by atoms with van der Waals surface area (Å²) in [5.41, 5.74) is 1.52. The van der Waals surface area contributed by atoms with Crippen LogP contribution in [0.4, 0.5) is 0 Å². The van der Waals surface area contributed by atoms with E-state index < -0.39 is 0 Å². The van der Waals surface area contributed by atoms with Crippen LogP contribution < -0.4 is 5.32 Å². The van der Waals surface area contributed by atoms with Gasteiger partial charge in [-0.05, 0) is 31.0 Å². The first kappa shape index (κ1) is 15.3. The normalized spacial score (nSPS) is 15.9. The minimum Gasteiger partial charge on any atom is -0.352 e. The van der Waals surface area contributed by atoms with Crippen LogP contribution in [0.25, 0.3) is 10.9 Å². The molecule has 22 heavy (non-hydrogen) atoms. The maximum Gasteiger partial charge on any atom is 0.240 e. The molecule has 1 heterocycles. The zero-order chi connectivity index (χ0) is 15.5. The van der Waals surface area contributed by atoms with E-state index >= 15 is 0 Å². The molecule has 0 unspecified atom stereocenters. The molecule has 1 N–H and O–H groups in total. The highest BCUT2D eigenvalue weighted by molar-refractivity contribution is 9.10. The topological polar surface area (TPSA) is 51.1 Å². The second-order valence-electron chi connectivity index (χ2n) is 5.89. The number of nitrogens with one attached hydrogen (secondary N) is 1. The van der Waals surface area contributed by atoms with Crippen molar-refractivity contribution in [3.63, 3.8) is 0 Å². The number of carbonyl (C=O) groups is 2. The lowest BCUT2D eigenvalue weighted by Crippen LogP contribution is -2.38. The van der Waals surface area contributed by atoms with Crippen molar-refractivity contribution in [2.45, 2.75) is 44.7 Å². The number of fused-ring (bicyclic) bond motifs is 1. The SMILES string of the molecule is O=Cc1cn(CC(=O)NC2CCCCC2)c2ccc(Br)cc12. The molecular weight excluding hydrogens is 344 g/mol. The standard InChI is InChI=1S/C17H19BrN2O2/c18-13-6-7-16-15(8-13)12(11-21)9-20(16)10-17(22)19-14-4-2-1-3-5-14/h6-9,11,14H,1-5,10H2,(H,19,22). The Kier molecular flexibility index (Phi) is 4.62. The minimum absolute atomic E-state index is 0.0177. The van der Waals surface area contributed by atoms with Gasteiger partial charge in [-0.2, -0.15) is 0 Å². The van der Waals surface area contributed by atoms with E-state index in [2.05, 4.69) is 21.2 Å². The molecule has 0 saturated heterocycles. The molecule has 2 aromatic rings. The Morgan fingerprint density at radius 3 is 2.82 bits per heavy atom. The van der Waals surface area contributed by atoms with E-state index in [1.807, 2.05) is 22.8 Å². The molecule has 1 saturated carbocycles. The van der Waals surface area contributed by atoms with E-state index in [0.29, 0.717) is 11.6 Å². The van der Waals surface area contributed by atoms with Crippen LogP contribution in [-0.4, -0.2) is 22.8 Å². The Labute approximate surface area is 138 Å². The fraction of sp³-hybridized carbons (Fsp3) is 0.412. The van der Waals surface area contributed by atoms with Crippen molar-refractivity contribution < 1.29 is 9.59 Å². The molecule has 0 spiro atoms. The monoisotopic (exact) mass is 362 g/mol. The number of halogens is 1.